The second kappa shape index (κ2) is 7.14. The molecule has 0 fully saturated rings. The third-order valence-corrected chi connectivity index (χ3v) is 4.72. The van der Waals surface area contributed by atoms with Gasteiger partial charge < -0.3 is 10.1 Å². The molecule has 0 bridgehead atoms. The van der Waals surface area contributed by atoms with Crippen molar-refractivity contribution < 1.29 is 17.9 Å². The zero-order valence-electron chi connectivity index (χ0n) is 12.7. The Morgan fingerprint density at radius 3 is 2.39 bits per heavy atom. The van der Waals surface area contributed by atoms with Crippen LogP contribution in [-0.2, 0) is 14.6 Å². The standard InChI is InChI=1S/C16H16BrNO4S/c1-11-9-14(23(2,20)21)7-8-15(11)18-16(19)10-22-13-5-3-12(17)4-6-13/h3-9H,10H2,1-2H3,(H,18,19). The van der Waals surface area contributed by atoms with Gasteiger partial charge in [-0.05, 0) is 55.0 Å². The number of hydrogen-bond donors (Lipinski definition) is 1. The number of amides is 1. The van der Waals surface area contributed by atoms with Crippen LogP contribution in [0, 0.1) is 6.92 Å². The van der Waals surface area contributed by atoms with Gasteiger partial charge in [-0.25, -0.2) is 8.42 Å². The van der Waals surface area contributed by atoms with Crippen molar-refractivity contribution in [2.75, 3.05) is 18.2 Å². The Kier molecular flexibility index (Phi) is 5.43. The number of carbonyl (C=O) groups excluding carboxylic acids is 1. The lowest BCUT2D eigenvalue weighted by Crippen LogP contribution is -2.20. The van der Waals surface area contributed by atoms with Crippen molar-refractivity contribution in [1.29, 1.82) is 0 Å². The number of ether oxygens (including phenoxy) is 1. The lowest BCUT2D eigenvalue weighted by atomic mass is 10.2. The van der Waals surface area contributed by atoms with E-state index < -0.39 is 9.84 Å². The number of rotatable bonds is 5. The number of hydrogen-bond acceptors (Lipinski definition) is 4. The van der Waals surface area contributed by atoms with Crippen molar-refractivity contribution >= 4 is 37.4 Å². The SMILES string of the molecule is Cc1cc(S(C)(=O)=O)ccc1NC(=O)COc1ccc(Br)cc1. The summed E-state index contributed by atoms with van der Waals surface area (Å²) in [5, 5.41) is 2.70. The lowest BCUT2D eigenvalue weighted by Gasteiger charge is -2.10. The van der Waals surface area contributed by atoms with Crippen molar-refractivity contribution in [1.82, 2.24) is 0 Å². The molecule has 122 valence electrons. The van der Waals surface area contributed by atoms with Crippen LogP contribution in [-0.4, -0.2) is 27.2 Å². The third-order valence-electron chi connectivity index (χ3n) is 3.08. The fourth-order valence-corrected chi connectivity index (χ4v) is 2.84. The molecule has 1 N–H and O–H groups in total. The van der Waals surface area contributed by atoms with Crippen molar-refractivity contribution in [3.05, 3.63) is 52.5 Å². The average Bonchev–Trinajstić information content (AvgIpc) is 2.48. The van der Waals surface area contributed by atoms with Crippen LogP contribution in [0.3, 0.4) is 0 Å². The molecule has 2 aromatic rings. The quantitative estimate of drug-likeness (QED) is 0.840. The van der Waals surface area contributed by atoms with Crippen LogP contribution in [0.5, 0.6) is 5.75 Å². The molecule has 0 saturated heterocycles. The van der Waals surface area contributed by atoms with Gasteiger partial charge in [0.2, 0.25) is 0 Å². The zero-order valence-corrected chi connectivity index (χ0v) is 15.1. The number of sulfone groups is 1. The number of halogens is 1. The highest BCUT2D eigenvalue weighted by atomic mass is 79.9. The second-order valence-corrected chi connectivity index (χ2v) is 7.97. The summed E-state index contributed by atoms with van der Waals surface area (Å²) < 4.78 is 29.3. The van der Waals surface area contributed by atoms with Gasteiger partial charge in [-0.15, -0.1) is 0 Å². The maximum absolute atomic E-state index is 11.9. The Morgan fingerprint density at radius 1 is 1.17 bits per heavy atom. The van der Waals surface area contributed by atoms with Crippen LogP contribution in [0.25, 0.3) is 0 Å². The molecule has 1 amide bonds. The van der Waals surface area contributed by atoms with E-state index in [1.165, 1.54) is 12.1 Å². The first-order chi connectivity index (χ1) is 10.8. The summed E-state index contributed by atoms with van der Waals surface area (Å²) in [5.74, 6) is 0.274. The molecule has 0 aliphatic rings. The van der Waals surface area contributed by atoms with Crippen LogP contribution in [0.15, 0.2) is 51.8 Å². The van der Waals surface area contributed by atoms with E-state index in [9.17, 15) is 13.2 Å². The molecule has 0 unspecified atom stereocenters. The summed E-state index contributed by atoms with van der Waals surface area (Å²) in [7, 11) is -3.26. The van der Waals surface area contributed by atoms with E-state index in [4.69, 9.17) is 4.74 Å². The van der Waals surface area contributed by atoms with E-state index in [1.807, 2.05) is 12.1 Å². The minimum Gasteiger partial charge on any atom is -0.484 e. The maximum Gasteiger partial charge on any atom is 0.262 e. The summed E-state index contributed by atoms with van der Waals surface area (Å²) in [4.78, 5) is 12.1. The van der Waals surface area contributed by atoms with E-state index in [0.717, 1.165) is 10.7 Å². The first kappa shape index (κ1) is 17.5. The molecule has 0 aliphatic carbocycles. The molecule has 0 atom stereocenters. The predicted molar refractivity (Wildman–Crippen MR) is 92.6 cm³/mol. The second-order valence-electron chi connectivity index (χ2n) is 5.04. The minimum atomic E-state index is -3.26. The van der Waals surface area contributed by atoms with Gasteiger partial charge >= 0.3 is 0 Å². The largest absolute Gasteiger partial charge is 0.484 e. The zero-order chi connectivity index (χ0) is 17.0. The highest BCUT2D eigenvalue weighted by Crippen LogP contribution is 2.20. The Bertz CT molecular complexity index is 816. The molecular weight excluding hydrogens is 382 g/mol. The van der Waals surface area contributed by atoms with E-state index >= 15 is 0 Å². The lowest BCUT2D eigenvalue weighted by molar-refractivity contribution is -0.118. The highest BCUT2D eigenvalue weighted by molar-refractivity contribution is 9.10. The number of carbonyl (C=O) groups is 1. The predicted octanol–water partition coefficient (Wildman–Crippen LogP) is 3.18. The van der Waals surface area contributed by atoms with Crippen molar-refractivity contribution in [2.24, 2.45) is 0 Å². The molecule has 7 heteroatoms. The molecule has 2 rings (SSSR count). The monoisotopic (exact) mass is 397 g/mol. The third kappa shape index (κ3) is 5.07. The topological polar surface area (TPSA) is 72.5 Å². The molecule has 0 aliphatic heterocycles. The molecule has 5 nitrogen and oxygen atoms in total. The Labute approximate surface area is 143 Å². The number of anilines is 1. The van der Waals surface area contributed by atoms with Gasteiger partial charge in [-0.3, -0.25) is 4.79 Å². The first-order valence-electron chi connectivity index (χ1n) is 6.74. The van der Waals surface area contributed by atoms with Gasteiger partial charge in [0.15, 0.2) is 16.4 Å². The van der Waals surface area contributed by atoms with Gasteiger partial charge in [0.05, 0.1) is 4.90 Å². The molecular formula is C16H16BrNO4S. The highest BCUT2D eigenvalue weighted by Gasteiger charge is 2.11. The van der Waals surface area contributed by atoms with Gasteiger partial charge in [-0.2, -0.15) is 0 Å². The molecule has 23 heavy (non-hydrogen) atoms. The summed E-state index contributed by atoms with van der Waals surface area (Å²) >= 11 is 3.32. The van der Waals surface area contributed by atoms with Crippen LogP contribution in [0.4, 0.5) is 5.69 Å². The normalized spacial score (nSPS) is 11.1. The molecule has 0 spiro atoms. The van der Waals surface area contributed by atoms with Gasteiger partial charge in [0, 0.05) is 16.4 Å². The van der Waals surface area contributed by atoms with Crippen molar-refractivity contribution in [3.8, 4) is 5.75 Å². The minimum absolute atomic E-state index is 0.130. The molecule has 0 saturated carbocycles. The molecule has 0 heterocycles. The Morgan fingerprint density at radius 2 is 1.83 bits per heavy atom. The van der Waals surface area contributed by atoms with Crippen LogP contribution >= 0.6 is 15.9 Å². The fraction of sp³-hybridized carbons (Fsp3) is 0.188. The van der Waals surface area contributed by atoms with Gasteiger partial charge in [-0.1, -0.05) is 15.9 Å². The summed E-state index contributed by atoms with van der Waals surface area (Å²) in [6, 6.07) is 11.7. The number of nitrogens with one attached hydrogen (secondary N) is 1. The van der Waals surface area contributed by atoms with Crippen LogP contribution in [0.2, 0.25) is 0 Å². The summed E-state index contributed by atoms with van der Waals surface area (Å²) in [5.41, 5.74) is 1.23. The summed E-state index contributed by atoms with van der Waals surface area (Å²) in [6.45, 7) is 1.61. The molecule has 2 aromatic carbocycles. The van der Waals surface area contributed by atoms with Crippen LogP contribution < -0.4 is 10.1 Å². The Hall–Kier alpha value is -1.86. The van der Waals surface area contributed by atoms with Gasteiger partial charge in [0.1, 0.15) is 5.75 Å². The van der Waals surface area contributed by atoms with E-state index in [1.54, 1.807) is 25.1 Å². The van der Waals surface area contributed by atoms with Gasteiger partial charge in [0.25, 0.3) is 5.91 Å². The first-order valence-corrected chi connectivity index (χ1v) is 9.43. The number of aryl methyl sites for hydroxylation is 1. The van der Waals surface area contributed by atoms with Crippen molar-refractivity contribution in [3.63, 3.8) is 0 Å². The van der Waals surface area contributed by atoms with Crippen molar-refractivity contribution in [2.45, 2.75) is 11.8 Å². The Balaban J connectivity index is 1.99. The maximum atomic E-state index is 11.9. The smallest absolute Gasteiger partial charge is 0.262 e. The van der Waals surface area contributed by atoms with E-state index in [2.05, 4.69) is 21.2 Å². The molecule has 0 radical (unpaired) electrons. The average molecular weight is 398 g/mol. The van der Waals surface area contributed by atoms with Crippen LogP contribution in [0.1, 0.15) is 5.56 Å². The van der Waals surface area contributed by atoms with E-state index in [0.29, 0.717) is 17.0 Å². The summed E-state index contributed by atoms with van der Waals surface area (Å²) in [6.07, 6.45) is 1.14. The fourth-order valence-electron chi connectivity index (χ4n) is 1.87. The van der Waals surface area contributed by atoms with E-state index in [-0.39, 0.29) is 17.4 Å². The molecule has 0 aromatic heterocycles. The number of benzene rings is 2.